The monoisotopic (exact) mass is 552 g/mol. The normalized spacial score (nSPS) is 15.8. The topological polar surface area (TPSA) is 51.8 Å². The van der Waals surface area contributed by atoms with Crippen molar-refractivity contribution in [2.45, 2.75) is 50.5 Å². The first kappa shape index (κ1) is 29.8. The van der Waals surface area contributed by atoms with Gasteiger partial charge >= 0.3 is 0 Å². The van der Waals surface area contributed by atoms with E-state index in [1.165, 1.54) is 24.3 Å². The number of rotatable bonds is 15. The summed E-state index contributed by atoms with van der Waals surface area (Å²) in [6.45, 7) is 2.99. The van der Waals surface area contributed by atoms with Crippen LogP contribution in [0, 0.1) is 17.6 Å². The molecule has 0 saturated carbocycles. The maximum absolute atomic E-state index is 13.5. The van der Waals surface area contributed by atoms with Crippen LogP contribution in [0.25, 0.3) is 0 Å². The van der Waals surface area contributed by atoms with Crippen molar-refractivity contribution in [3.8, 4) is 17.2 Å². The molecule has 0 aromatic heterocycles. The van der Waals surface area contributed by atoms with Crippen molar-refractivity contribution in [1.29, 1.82) is 0 Å². The van der Waals surface area contributed by atoms with E-state index < -0.39 is 0 Å². The van der Waals surface area contributed by atoms with E-state index in [9.17, 15) is 8.78 Å². The lowest BCUT2D eigenvalue weighted by Crippen LogP contribution is -2.39. The third kappa shape index (κ3) is 7.95. The fraction of sp³-hybridized carbons (Fsp3) is 0.455. The highest BCUT2D eigenvalue weighted by Gasteiger charge is 2.26. The molecule has 0 aliphatic carbocycles. The summed E-state index contributed by atoms with van der Waals surface area (Å²) in [7, 11) is 4.92. The number of halogens is 2. The molecule has 2 atom stereocenters. The predicted molar refractivity (Wildman–Crippen MR) is 156 cm³/mol. The second kappa shape index (κ2) is 15.0. The van der Waals surface area contributed by atoms with Gasteiger partial charge in [-0.15, -0.1) is 0 Å². The van der Waals surface area contributed by atoms with Crippen molar-refractivity contribution >= 4 is 0 Å². The maximum Gasteiger partial charge on any atom is 0.203 e. The number of hydrogen-bond donors (Lipinski definition) is 2. The lowest BCUT2D eigenvalue weighted by Gasteiger charge is -2.25. The van der Waals surface area contributed by atoms with Gasteiger partial charge in [-0.1, -0.05) is 37.1 Å². The highest BCUT2D eigenvalue weighted by Crippen LogP contribution is 2.39. The second-order valence-electron chi connectivity index (χ2n) is 10.6. The zero-order valence-corrected chi connectivity index (χ0v) is 23.9. The van der Waals surface area contributed by atoms with Crippen molar-refractivity contribution in [3.05, 3.63) is 89.0 Å². The quantitative estimate of drug-likeness (QED) is 0.211. The first-order valence-corrected chi connectivity index (χ1v) is 14.3. The van der Waals surface area contributed by atoms with Gasteiger partial charge in [0.1, 0.15) is 11.6 Å². The number of nitrogens with one attached hydrogen (secondary N) is 2. The van der Waals surface area contributed by atoms with Crippen LogP contribution in [0.1, 0.15) is 54.7 Å². The summed E-state index contributed by atoms with van der Waals surface area (Å²) in [6.07, 6.45) is 6.12. The molecule has 7 heteroatoms. The summed E-state index contributed by atoms with van der Waals surface area (Å²) < 4.78 is 43.7. The molecule has 5 nitrogen and oxygen atoms in total. The van der Waals surface area contributed by atoms with Gasteiger partial charge in [0.2, 0.25) is 5.75 Å². The SMILES string of the molecule is COc1cc(CC(NCCCCCC(c2ccc(F)cc2)c2ccc(F)cc2)C2CCNC2)cc(OC)c1OC. The average Bonchev–Trinajstić information content (AvgIpc) is 3.52. The first-order chi connectivity index (χ1) is 19.5. The van der Waals surface area contributed by atoms with Crippen molar-refractivity contribution in [2.75, 3.05) is 41.0 Å². The van der Waals surface area contributed by atoms with E-state index in [2.05, 4.69) is 10.6 Å². The van der Waals surface area contributed by atoms with E-state index in [0.717, 1.165) is 74.8 Å². The Morgan fingerprint density at radius 3 is 1.93 bits per heavy atom. The highest BCUT2D eigenvalue weighted by atomic mass is 19.1. The van der Waals surface area contributed by atoms with E-state index in [0.29, 0.717) is 29.2 Å². The molecule has 1 heterocycles. The Hall–Kier alpha value is -3.16. The molecule has 4 rings (SSSR count). The summed E-state index contributed by atoms with van der Waals surface area (Å²) in [6, 6.07) is 17.8. The van der Waals surface area contributed by atoms with E-state index in [1.807, 2.05) is 36.4 Å². The molecule has 3 aromatic carbocycles. The standard InChI is InChI=1S/C33H42F2N2O3/c1-38-31-20-23(21-32(39-2)33(31)40-3)19-30(26-16-18-36-22-26)37-17-6-4-5-7-29(24-8-12-27(34)13-9-24)25-10-14-28(35)15-11-25/h8-15,20-21,26,29-30,36-37H,4-7,16-19,22H2,1-3H3. The molecular formula is C33H42F2N2O3. The van der Waals surface area contributed by atoms with E-state index in [-0.39, 0.29) is 17.6 Å². The molecular weight excluding hydrogens is 510 g/mol. The van der Waals surface area contributed by atoms with Crippen LogP contribution in [-0.2, 0) is 6.42 Å². The molecule has 1 aliphatic rings. The summed E-state index contributed by atoms with van der Waals surface area (Å²) in [4.78, 5) is 0. The second-order valence-corrected chi connectivity index (χ2v) is 10.6. The highest BCUT2D eigenvalue weighted by molar-refractivity contribution is 5.54. The smallest absolute Gasteiger partial charge is 0.203 e. The van der Waals surface area contributed by atoms with E-state index >= 15 is 0 Å². The molecule has 0 radical (unpaired) electrons. The predicted octanol–water partition coefficient (Wildman–Crippen LogP) is 6.49. The van der Waals surface area contributed by atoms with Crippen LogP contribution in [0.5, 0.6) is 17.2 Å². The molecule has 1 saturated heterocycles. The van der Waals surface area contributed by atoms with Gasteiger partial charge in [0.15, 0.2) is 11.5 Å². The number of benzene rings is 3. The summed E-state index contributed by atoms with van der Waals surface area (Å²) >= 11 is 0. The number of hydrogen-bond acceptors (Lipinski definition) is 5. The fourth-order valence-electron chi connectivity index (χ4n) is 5.79. The van der Waals surface area contributed by atoms with Gasteiger partial charge in [0.25, 0.3) is 0 Å². The van der Waals surface area contributed by atoms with Gasteiger partial charge in [-0.2, -0.15) is 0 Å². The Balaban J connectivity index is 1.33. The van der Waals surface area contributed by atoms with Gasteiger partial charge in [-0.3, -0.25) is 0 Å². The number of unbranched alkanes of at least 4 members (excludes halogenated alkanes) is 2. The molecule has 0 amide bonds. The zero-order chi connectivity index (χ0) is 28.3. The minimum absolute atomic E-state index is 0.117. The Morgan fingerprint density at radius 2 is 1.43 bits per heavy atom. The van der Waals surface area contributed by atoms with Crippen molar-refractivity contribution in [1.82, 2.24) is 10.6 Å². The van der Waals surface area contributed by atoms with Crippen LogP contribution in [0.2, 0.25) is 0 Å². The largest absolute Gasteiger partial charge is 0.493 e. The summed E-state index contributed by atoms with van der Waals surface area (Å²) in [5.74, 6) is 2.15. The van der Waals surface area contributed by atoms with Crippen LogP contribution in [0.15, 0.2) is 60.7 Å². The van der Waals surface area contributed by atoms with Gasteiger partial charge < -0.3 is 24.8 Å². The Morgan fingerprint density at radius 1 is 0.825 bits per heavy atom. The van der Waals surface area contributed by atoms with E-state index in [4.69, 9.17) is 14.2 Å². The molecule has 2 unspecified atom stereocenters. The number of methoxy groups -OCH3 is 3. The Labute approximate surface area is 237 Å². The maximum atomic E-state index is 13.5. The van der Waals surface area contributed by atoms with Crippen LogP contribution in [-0.4, -0.2) is 47.0 Å². The van der Waals surface area contributed by atoms with Gasteiger partial charge in [-0.25, -0.2) is 8.78 Å². The summed E-state index contributed by atoms with van der Waals surface area (Å²) in [5, 5.41) is 7.35. The minimum Gasteiger partial charge on any atom is -0.493 e. The molecule has 1 fully saturated rings. The first-order valence-electron chi connectivity index (χ1n) is 14.3. The van der Waals surface area contributed by atoms with Crippen molar-refractivity contribution < 1.29 is 23.0 Å². The molecule has 1 aliphatic heterocycles. The van der Waals surface area contributed by atoms with Crippen LogP contribution >= 0.6 is 0 Å². The fourth-order valence-corrected chi connectivity index (χ4v) is 5.79. The Bertz CT molecular complexity index is 1110. The average molecular weight is 553 g/mol. The Kier molecular flexibility index (Phi) is 11.2. The lowest BCUT2D eigenvalue weighted by atomic mass is 9.87. The third-order valence-electron chi connectivity index (χ3n) is 7.97. The number of ether oxygens (including phenoxy) is 3. The van der Waals surface area contributed by atoms with Gasteiger partial charge in [-0.05, 0) is 104 Å². The van der Waals surface area contributed by atoms with Gasteiger partial charge in [0.05, 0.1) is 21.3 Å². The van der Waals surface area contributed by atoms with Crippen molar-refractivity contribution in [2.24, 2.45) is 5.92 Å². The zero-order valence-electron chi connectivity index (χ0n) is 23.9. The van der Waals surface area contributed by atoms with Crippen LogP contribution < -0.4 is 24.8 Å². The van der Waals surface area contributed by atoms with Crippen LogP contribution in [0.4, 0.5) is 8.78 Å². The van der Waals surface area contributed by atoms with Gasteiger partial charge in [0, 0.05) is 12.0 Å². The van der Waals surface area contributed by atoms with Crippen LogP contribution in [0.3, 0.4) is 0 Å². The molecule has 216 valence electrons. The minimum atomic E-state index is -0.244. The molecule has 40 heavy (non-hydrogen) atoms. The van der Waals surface area contributed by atoms with E-state index in [1.54, 1.807) is 21.3 Å². The molecule has 0 bridgehead atoms. The molecule has 2 N–H and O–H groups in total. The molecule has 3 aromatic rings. The lowest BCUT2D eigenvalue weighted by molar-refractivity contribution is 0.322. The van der Waals surface area contributed by atoms with Crippen molar-refractivity contribution in [3.63, 3.8) is 0 Å². The molecule has 0 spiro atoms. The third-order valence-corrected chi connectivity index (χ3v) is 7.97. The summed E-state index contributed by atoms with van der Waals surface area (Å²) in [5.41, 5.74) is 3.27.